The molecule has 2 heteroatoms. The first-order valence-electron chi connectivity index (χ1n) is 6.45. The van der Waals surface area contributed by atoms with Crippen LogP contribution in [0.3, 0.4) is 0 Å². The van der Waals surface area contributed by atoms with Crippen LogP contribution in [0, 0.1) is 19.8 Å². The van der Waals surface area contributed by atoms with E-state index in [0.717, 1.165) is 32.5 Å². The Hall–Kier alpha value is -0.530. The summed E-state index contributed by atoms with van der Waals surface area (Å²) >= 11 is 6.53. The van der Waals surface area contributed by atoms with Gasteiger partial charge in [-0.1, -0.05) is 18.2 Å². The highest BCUT2D eigenvalue weighted by atomic mass is 35.5. The number of halogens is 1. The third-order valence-electron chi connectivity index (χ3n) is 3.78. The monoisotopic (exact) mass is 252 g/mol. The third kappa shape index (κ3) is 3.46. The Morgan fingerprint density at radius 3 is 2.59 bits per heavy atom. The average molecular weight is 253 g/mol. The zero-order valence-corrected chi connectivity index (χ0v) is 11.5. The molecule has 0 aliphatic carbocycles. The first kappa shape index (κ1) is 12.9. The predicted molar refractivity (Wildman–Crippen MR) is 72.8 cm³/mol. The van der Waals surface area contributed by atoms with Crippen molar-refractivity contribution in [1.29, 1.82) is 0 Å². The van der Waals surface area contributed by atoms with Gasteiger partial charge in [-0.3, -0.25) is 0 Å². The zero-order valence-electron chi connectivity index (χ0n) is 10.7. The maximum absolute atomic E-state index is 6.53. The lowest BCUT2D eigenvalue weighted by molar-refractivity contribution is 0.0651. The van der Waals surface area contributed by atoms with Crippen molar-refractivity contribution in [3.63, 3.8) is 0 Å². The molecule has 1 nitrogen and oxygen atoms in total. The summed E-state index contributed by atoms with van der Waals surface area (Å²) in [7, 11) is 0. The molecule has 1 aromatic carbocycles. The second-order valence-corrected chi connectivity index (χ2v) is 5.65. The van der Waals surface area contributed by atoms with Crippen LogP contribution in [0.2, 0.25) is 0 Å². The molecule has 0 N–H and O–H groups in total. The van der Waals surface area contributed by atoms with Gasteiger partial charge in [-0.2, -0.15) is 0 Å². The number of rotatable bonds is 3. The van der Waals surface area contributed by atoms with Crippen LogP contribution in [0.15, 0.2) is 18.2 Å². The SMILES string of the molecule is Cc1ccc(CC(Cl)C2CCOCC2)cc1C. The van der Waals surface area contributed by atoms with Gasteiger partial charge in [-0.15, -0.1) is 11.6 Å². The molecule has 1 aromatic rings. The second kappa shape index (κ2) is 5.88. The van der Waals surface area contributed by atoms with Crippen molar-refractivity contribution in [3.05, 3.63) is 34.9 Å². The summed E-state index contributed by atoms with van der Waals surface area (Å²) in [6.07, 6.45) is 3.20. The van der Waals surface area contributed by atoms with Crippen molar-refractivity contribution < 1.29 is 4.74 Å². The Morgan fingerprint density at radius 2 is 1.94 bits per heavy atom. The number of ether oxygens (including phenoxy) is 1. The molecule has 0 saturated carbocycles. The van der Waals surface area contributed by atoms with E-state index in [0.29, 0.717) is 5.92 Å². The van der Waals surface area contributed by atoms with E-state index >= 15 is 0 Å². The molecule has 0 bridgehead atoms. The number of alkyl halides is 1. The summed E-state index contributed by atoms with van der Waals surface area (Å²) in [6.45, 7) is 6.06. The molecule has 0 spiro atoms. The summed E-state index contributed by atoms with van der Waals surface area (Å²) < 4.78 is 5.38. The van der Waals surface area contributed by atoms with Crippen molar-refractivity contribution in [2.45, 2.75) is 38.5 Å². The van der Waals surface area contributed by atoms with Gasteiger partial charge >= 0.3 is 0 Å². The Morgan fingerprint density at radius 1 is 1.24 bits per heavy atom. The Balaban J connectivity index is 1.96. The third-order valence-corrected chi connectivity index (χ3v) is 4.29. The molecule has 1 atom stereocenters. The lowest BCUT2D eigenvalue weighted by atomic mass is 9.91. The molecule has 0 aromatic heterocycles. The van der Waals surface area contributed by atoms with Crippen LogP contribution >= 0.6 is 11.6 Å². The molecule has 2 rings (SSSR count). The van der Waals surface area contributed by atoms with Gasteiger partial charge in [-0.25, -0.2) is 0 Å². The van der Waals surface area contributed by atoms with E-state index in [2.05, 4.69) is 32.0 Å². The summed E-state index contributed by atoms with van der Waals surface area (Å²) in [5.74, 6) is 0.618. The van der Waals surface area contributed by atoms with Crippen molar-refractivity contribution >= 4 is 11.6 Å². The molecule has 1 aliphatic heterocycles. The van der Waals surface area contributed by atoms with Crippen molar-refractivity contribution in [1.82, 2.24) is 0 Å². The summed E-state index contributed by atoms with van der Waals surface area (Å²) in [4.78, 5) is 0. The Bertz CT molecular complexity index is 369. The number of benzene rings is 1. The zero-order chi connectivity index (χ0) is 12.3. The molecule has 94 valence electrons. The van der Waals surface area contributed by atoms with Crippen LogP contribution in [0.1, 0.15) is 29.5 Å². The van der Waals surface area contributed by atoms with Crippen molar-refractivity contribution in [2.75, 3.05) is 13.2 Å². The maximum atomic E-state index is 6.53. The fourth-order valence-corrected chi connectivity index (χ4v) is 2.83. The van der Waals surface area contributed by atoms with Crippen LogP contribution < -0.4 is 0 Å². The summed E-state index contributed by atoms with van der Waals surface area (Å²) in [5.41, 5.74) is 4.07. The van der Waals surface area contributed by atoms with E-state index in [4.69, 9.17) is 16.3 Å². The van der Waals surface area contributed by atoms with E-state index in [1.165, 1.54) is 16.7 Å². The van der Waals surface area contributed by atoms with Gasteiger partial charge in [0.05, 0.1) is 0 Å². The van der Waals surface area contributed by atoms with E-state index in [9.17, 15) is 0 Å². The second-order valence-electron chi connectivity index (χ2n) is 5.09. The minimum Gasteiger partial charge on any atom is -0.381 e. The van der Waals surface area contributed by atoms with E-state index in [1.807, 2.05) is 0 Å². The smallest absolute Gasteiger partial charge is 0.0469 e. The largest absolute Gasteiger partial charge is 0.381 e. The molecule has 1 heterocycles. The van der Waals surface area contributed by atoms with Gasteiger partial charge < -0.3 is 4.74 Å². The summed E-state index contributed by atoms with van der Waals surface area (Å²) in [6, 6.07) is 6.67. The topological polar surface area (TPSA) is 9.23 Å². The minimum atomic E-state index is 0.251. The van der Waals surface area contributed by atoms with Gasteiger partial charge in [0.1, 0.15) is 0 Å². The maximum Gasteiger partial charge on any atom is 0.0469 e. The van der Waals surface area contributed by atoms with Gasteiger partial charge in [0, 0.05) is 18.6 Å². The molecule has 1 unspecified atom stereocenters. The molecule has 0 radical (unpaired) electrons. The lowest BCUT2D eigenvalue weighted by Crippen LogP contribution is -2.25. The highest BCUT2D eigenvalue weighted by Crippen LogP contribution is 2.26. The molecule has 17 heavy (non-hydrogen) atoms. The van der Waals surface area contributed by atoms with Crippen LogP contribution in [0.4, 0.5) is 0 Å². The first-order valence-corrected chi connectivity index (χ1v) is 6.88. The minimum absolute atomic E-state index is 0.251. The first-order chi connectivity index (χ1) is 8.16. The van der Waals surface area contributed by atoms with Crippen molar-refractivity contribution in [3.8, 4) is 0 Å². The molecule has 1 fully saturated rings. The molecule has 0 amide bonds. The molecular weight excluding hydrogens is 232 g/mol. The van der Waals surface area contributed by atoms with E-state index in [-0.39, 0.29) is 5.38 Å². The fraction of sp³-hybridized carbons (Fsp3) is 0.600. The quantitative estimate of drug-likeness (QED) is 0.742. The highest BCUT2D eigenvalue weighted by molar-refractivity contribution is 6.20. The Labute approximate surface area is 109 Å². The van der Waals surface area contributed by atoms with Crippen LogP contribution in [-0.4, -0.2) is 18.6 Å². The van der Waals surface area contributed by atoms with Crippen molar-refractivity contribution in [2.24, 2.45) is 5.92 Å². The van der Waals surface area contributed by atoms with E-state index < -0.39 is 0 Å². The molecular formula is C15H21ClO. The number of aryl methyl sites for hydroxylation is 2. The van der Waals surface area contributed by atoms with Crippen LogP contribution in [0.5, 0.6) is 0 Å². The van der Waals surface area contributed by atoms with Gasteiger partial charge in [0.2, 0.25) is 0 Å². The van der Waals surface area contributed by atoms with E-state index in [1.54, 1.807) is 0 Å². The predicted octanol–water partition coefficient (Wildman–Crippen LogP) is 3.88. The number of hydrogen-bond acceptors (Lipinski definition) is 1. The van der Waals surface area contributed by atoms with Gasteiger partial charge in [0.15, 0.2) is 0 Å². The normalized spacial score (nSPS) is 19.2. The van der Waals surface area contributed by atoms with Gasteiger partial charge in [-0.05, 0) is 55.7 Å². The molecule has 1 aliphatic rings. The van der Waals surface area contributed by atoms with Gasteiger partial charge in [0.25, 0.3) is 0 Å². The summed E-state index contributed by atoms with van der Waals surface area (Å²) in [5, 5.41) is 0.251. The number of hydrogen-bond donors (Lipinski definition) is 0. The average Bonchev–Trinajstić information content (AvgIpc) is 2.35. The highest BCUT2D eigenvalue weighted by Gasteiger charge is 2.22. The Kier molecular flexibility index (Phi) is 4.47. The standard InChI is InChI=1S/C15H21ClO/c1-11-3-4-13(9-12(11)2)10-15(16)14-5-7-17-8-6-14/h3-4,9,14-15H,5-8,10H2,1-2H3. The molecule has 1 saturated heterocycles. The fourth-order valence-electron chi connectivity index (χ4n) is 2.40. The van der Waals surface area contributed by atoms with Crippen LogP contribution in [-0.2, 0) is 11.2 Å². The van der Waals surface area contributed by atoms with Crippen LogP contribution in [0.25, 0.3) is 0 Å². The lowest BCUT2D eigenvalue weighted by Gasteiger charge is -2.26.